The van der Waals surface area contributed by atoms with Crippen molar-refractivity contribution >= 4 is 27.8 Å². The van der Waals surface area contributed by atoms with Crippen molar-refractivity contribution in [2.75, 3.05) is 18.9 Å². The van der Waals surface area contributed by atoms with Gasteiger partial charge in [0.25, 0.3) is 0 Å². The summed E-state index contributed by atoms with van der Waals surface area (Å²) in [5.41, 5.74) is 4.21. The zero-order chi connectivity index (χ0) is 25.0. The smallest absolute Gasteiger partial charge is 0.407 e. The van der Waals surface area contributed by atoms with Crippen LogP contribution in [-0.2, 0) is 24.2 Å². The molecule has 0 bridgehead atoms. The molecule has 2 atom stereocenters. The van der Waals surface area contributed by atoms with Crippen LogP contribution in [0.2, 0.25) is 0 Å². The Balaban J connectivity index is 1.34. The van der Waals surface area contributed by atoms with Crippen molar-refractivity contribution in [3.05, 3.63) is 59.7 Å². The maximum Gasteiger partial charge on any atom is 0.407 e. The molecular formula is C25H28N2O7S. The summed E-state index contributed by atoms with van der Waals surface area (Å²) in [6.07, 6.45) is -0.122. The molecule has 1 saturated heterocycles. The predicted molar refractivity (Wildman–Crippen MR) is 129 cm³/mol. The number of carboxylic acid groups (broad SMARTS) is 1. The summed E-state index contributed by atoms with van der Waals surface area (Å²) in [5.74, 6) is -1.98. The van der Waals surface area contributed by atoms with E-state index in [-0.39, 0.29) is 31.2 Å². The van der Waals surface area contributed by atoms with Gasteiger partial charge in [-0.15, -0.1) is 0 Å². The third kappa shape index (κ3) is 5.64. The molecular weight excluding hydrogens is 472 g/mol. The molecule has 186 valence electrons. The van der Waals surface area contributed by atoms with Crippen LogP contribution >= 0.6 is 0 Å². The number of aliphatic carboxylic acids is 1. The van der Waals surface area contributed by atoms with E-state index in [4.69, 9.17) is 4.74 Å². The molecule has 0 radical (unpaired) electrons. The van der Waals surface area contributed by atoms with E-state index in [0.29, 0.717) is 12.8 Å². The van der Waals surface area contributed by atoms with E-state index in [9.17, 15) is 27.9 Å². The molecule has 0 saturated carbocycles. The average Bonchev–Trinajstić information content (AvgIpc) is 3.33. The first-order valence-electron chi connectivity index (χ1n) is 11.6. The Morgan fingerprint density at radius 1 is 1.03 bits per heavy atom. The third-order valence-corrected chi connectivity index (χ3v) is 8.90. The molecule has 10 heteroatoms. The van der Waals surface area contributed by atoms with Crippen molar-refractivity contribution in [2.24, 2.45) is 0 Å². The lowest BCUT2D eigenvalue weighted by Crippen LogP contribution is -2.48. The Kier molecular flexibility index (Phi) is 7.39. The van der Waals surface area contributed by atoms with Gasteiger partial charge in [0.05, 0.1) is 17.4 Å². The average molecular weight is 501 g/mol. The number of fused-ring (bicyclic) bond motifs is 3. The number of carboxylic acids is 1. The van der Waals surface area contributed by atoms with Crippen LogP contribution in [0.4, 0.5) is 4.79 Å². The molecule has 1 heterocycles. The van der Waals surface area contributed by atoms with Crippen molar-refractivity contribution < 1.29 is 32.6 Å². The molecule has 35 heavy (non-hydrogen) atoms. The lowest BCUT2D eigenvalue weighted by atomic mass is 9.98. The highest BCUT2D eigenvalue weighted by Gasteiger charge is 2.32. The quantitative estimate of drug-likeness (QED) is 0.481. The SMILES string of the molecule is O=C(O)CC(NC(=O)OCC1c2ccccc2-c2ccccc21)C(=O)NCCC1CCCS1(=O)=O. The first kappa shape index (κ1) is 24.7. The summed E-state index contributed by atoms with van der Waals surface area (Å²) >= 11 is 0. The van der Waals surface area contributed by atoms with Gasteiger partial charge in [0.2, 0.25) is 5.91 Å². The van der Waals surface area contributed by atoms with E-state index in [1.165, 1.54) is 0 Å². The van der Waals surface area contributed by atoms with Crippen LogP contribution in [0, 0.1) is 0 Å². The lowest BCUT2D eigenvalue weighted by Gasteiger charge is -2.19. The molecule has 2 aromatic rings. The summed E-state index contributed by atoms with van der Waals surface area (Å²) < 4.78 is 29.3. The van der Waals surface area contributed by atoms with Crippen molar-refractivity contribution in [3.63, 3.8) is 0 Å². The topological polar surface area (TPSA) is 139 Å². The molecule has 2 aliphatic rings. The Morgan fingerprint density at radius 2 is 1.66 bits per heavy atom. The molecule has 0 aromatic heterocycles. The molecule has 3 N–H and O–H groups in total. The lowest BCUT2D eigenvalue weighted by molar-refractivity contribution is -0.139. The summed E-state index contributed by atoms with van der Waals surface area (Å²) in [4.78, 5) is 36.3. The van der Waals surface area contributed by atoms with Gasteiger partial charge in [0, 0.05) is 12.5 Å². The molecule has 2 amide bonds. The Bertz CT molecular complexity index is 1180. The van der Waals surface area contributed by atoms with Crippen LogP contribution < -0.4 is 10.6 Å². The molecule has 2 unspecified atom stereocenters. The number of carbonyl (C=O) groups is 3. The van der Waals surface area contributed by atoms with Crippen LogP contribution in [-0.4, -0.2) is 61.7 Å². The number of sulfone groups is 1. The Labute approximate surface area is 203 Å². The summed E-state index contributed by atoms with van der Waals surface area (Å²) in [5, 5.41) is 13.6. The normalized spacial score (nSPS) is 18.8. The van der Waals surface area contributed by atoms with Gasteiger partial charge in [-0.2, -0.15) is 0 Å². The molecule has 1 aliphatic carbocycles. The van der Waals surface area contributed by atoms with E-state index in [0.717, 1.165) is 22.3 Å². The molecule has 1 aliphatic heterocycles. The molecule has 4 rings (SSSR count). The highest BCUT2D eigenvalue weighted by Crippen LogP contribution is 2.44. The van der Waals surface area contributed by atoms with Crippen molar-refractivity contribution in [1.29, 1.82) is 0 Å². The molecule has 0 spiro atoms. The minimum absolute atomic E-state index is 0.0286. The molecule has 2 aromatic carbocycles. The largest absolute Gasteiger partial charge is 0.481 e. The zero-order valence-electron chi connectivity index (χ0n) is 19.1. The Morgan fingerprint density at radius 3 is 2.23 bits per heavy atom. The molecule has 1 fully saturated rings. The van der Waals surface area contributed by atoms with Crippen LogP contribution in [0.3, 0.4) is 0 Å². The minimum atomic E-state index is -3.14. The second-order valence-corrected chi connectivity index (χ2v) is 11.2. The number of nitrogens with one attached hydrogen (secondary N) is 2. The van der Waals surface area contributed by atoms with Crippen molar-refractivity contribution in [1.82, 2.24) is 10.6 Å². The second-order valence-electron chi connectivity index (χ2n) is 8.83. The van der Waals surface area contributed by atoms with E-state index in [1.807, 2.05) is 48.5 Å². The maximum absolute atomic E-state index is 12.5. The zero-order valence-corrected chi connectivity index (χ0v) is 19.9. The molecule has 9 nitrogen and oxygen atoms in total. The number of amides is 2. The standard InChI is InChI=1S/C25H28N2O7S/c28-23(29)14-22(24(30)26-12-11-16-6-5-13-35(16,32)33)27-25(31)34-15-21-19-9-3-1-7-17(19)18-8-2-4-10-20(18)21/h1-4,7-10,16,21-22H,5-6,11-15H2,(H,26,30)(H,27,31)(H,28,29). The fourth-order valence-corrected chi connectivity index (χ4v) is 6.73. The monoisotopic (exact) mass is 500 g/mol. The summed E-state index contributed by atoms with van der Waals surface area (Å²) in [6.45, 7) is 0.103. The van der Waals surface area contributed by atoms with E-state index >= 15 is 0 Å². The number of alkyl carbamates (subject to hydrolysis) is 1. The third-order valence-electron chi connectivity index (χ3n) is 6.56. The Hall–Kier alpha value is -3.40. The van der Waals surface area contributed by atoms with Crippen molar-refractivity contribution in [3.8, 4) is 11.1 Å². The summed E-state index contributed by atoms with van der Waals surface area (Å²) in [6, 6.07) is 14.4. The van der Waals surface area contributed by atoms with Gasteiger partial charge in [0.1, 0.15) is 12.6 Å². The van der Waals surface area contributed by atoms with Gasteiger partial charge >= 0.3 is 12.1 Å². The van der Waals surface area contributed by atoms with Crippen LogP contribution in [0.25, 0.3) is 11.1 Å². The second kappa shape index (κ2) is 10.5. The maximum atomic E-state index is 12.5. The fraction of sp³-hybridized carbons (Fsp3) is 0.400. The predicted octanol–water partition coefficient (Wildman–Crippen LogP) is 2.45. The van der Waals surface area contributed by atoms with Crippen molar-refractivity contribution in [2.45, 2.75) is 42.9 Å². The van der Waals surface area contributed by atoms with E-state index < -0.39 is 45.5 Å². The number of carbonyl (C=O) groups excluding carboxylic acids is 2. The van der Waals surface area contributed by atoms with Crippen LogP contribution in [0.15, 0.2) is 48.5 Å². The van der Waals surface area contributed by atoms with Crippen LogP contribution in [0.1, 0.15) is 42.7 Å². The van der Waals surface area contributed by atoms with Gasteiger partial charge in [0.15, 0.2) is 9.84 Å². The fourth-order valence-electron chi connectivity index (χ4n) is 4.83. The van der Waals surface area contributed by atoms with Gasteiger partial charge < -0.3 is 20.5 Å². The number of benzene rings is 2. The van der Waals surface area contributed by atoms with E-state index in [2.05, 4.69) is 10.6 Å². The highest BCUT2D eigenvalue weighted by atomic mass is 32.2. The van der Waals surface area contributed by atoms with Gasteiger partial charge in [-0.3, -0.25) is 9.59 Å². The van der Waals surface area contributed by atoms with Gasteiger partial charge in [-0.05, 0) is 41.5 Å². The number of hydrogen-bond acceptors (Lipinski definition) is 6. The number of hydrogen-bond donors (Lipinski definition) is 3. The van der Waals surface area contributed by atoms with Crippen LogP contribution in [0.5, 0.6) is 0 Å². The number of ether oxygens (including phenoxy) is 1. The first-order chi connectivity index (χ1) is 16.8. The van der Waals surface area contributed by atoms with Gasteiger partial charge in [-0.1, -0.05) is 48.5 Å². The van der Waals surface area contributed by atoms with Gasteiger partial charge in [-0.25, -0.2) is 13.2 Å². The van der Waals surface area contributed by atoms with E-state index in [1.54, 1.807) is 0 Å². The number of rotatable bonds is 9. The highest BCUT2D eigenvalue weighted by molar-refractivity contribution is 7.92. The minimum Gasteiger partial charge on any atom is -0.481 e. The summed E-state index contributed by atoms with van der Waals surface area (Å²) in [7, 11) is -3.14. The first-order valence-corrected chi connectivity index (χ1v) is 13.3.